The number of piperidine rings is 1. The molecule has 0 bridgehead atoms. The van der Waals surface area contributed by atoms with Crippen molar-refractivity contribution in [1.82, 2.24) is 9.47 Å². The highest BCUT2D eigenvalue weighted by molar-refractivity contribution is 5.94. The lowest BCUT2D eigenvalue weighted by molar-refractivity contribution is -0.140. The lowest BCUT2D eigenvalue weighted by atomic mass is 10.0. The third kappa shape index (κ3) is 7.40. The van der Waals surface area contributed by atoms with E-state index in [1.807, 2.05) is 0 Å². The van der Waals surface area contributed by atoms with E-state index in [4.69, 9.17) is 14.9 Å². The summed E-state index contributed by atoms with van der Waals surface area (Å²) in [7, 11) is 1.38. The van der Waals surface area contributed by atoms with Gasteiger partial charge in [0.15, 0.2) is 0 Å². The van der Waals surface area contributed by atoms with Crippen LogP contribution in [0.25, 0.3) is 10.9 Å². The van der Waals surface area contributed by atoms with Gasteiger partial charge in [0, 0.05) is 24.2 Å². The molecule has 0 unspecified atom stereocenters. The van der Waals surface area contributed by atoms with Gasteiger partial charge in [0.2, 0.25) is 0 Å². The number of methoxy groups -OCH3 is 1. The zero-order chi connectivity index (χ0) is 29.7. The number of fused-ring (bicyclic) bond motifs is 1. The minimum Gasteiger partial charge on any atom is -0.495 e. The van der Waals surface area contributed by atoms with Crippen LogP contribution in [-0.2, 0) is 11.3 Å². The molecule has 1 saturated heterocycles. The molecule has 0 aliphatic carbocycles. The number of hydrogen-bond acceptors (Lipinski definition) is 6. The van der Waals surface area contributed by atoms with Crippen LogP contribution in [0.1, 0.15) is 22.5 Å². The average molecular weight is 577 g/mol. The van der Waals surface area contributed by atoms with E-state index in [0.29, 0.717) is 29.7 Å². The first kappa shape index (κ1) is 29.5. The number of alkyl halides is 4. The molecule has 3 aromatic rings. The molecule has 0 radical (unpaired) electrons. The van der Waals surface area contributed by atoms with Crippen LogP contribution >= 0.6 is 0 Å². The van der Waals surface area contributed by atoms with Crippen molar-refractivity contribution in [3.8, 4) is 17.6 Å². The van der Waals surface area contributed by atoms with Crippen LogP contribution in [-0.4, -0.2) is 83.3 Å². The Labute approximate surface area is 232 Å². The number of nitrogens with zero attached hydrogens (tertiary/aromatic N) is 2. The number of nitrogens with one attached hydrogen (secondary N) is 2. The average Bonchev–Trinajstić information content (AvgIpc) is 3.24. The van der Waals surface area contributed by atoms with Crippen LogP contribution in [0.2, 0.25) is 0 Å². The summed E-state index contributed by atoms with van der Waals surface area (Å²) < 4.78 is 61.7. The van der Waals surface area contributed by atoms with Crippen LogP contribution in [0.5, 0.6) is 5.75 Å². The first-order valence-electron chi connectivity index (χ1n) is 12.6. The van der Waals surface area contributed by atoms with Gasteiger partial charge in [-0.15, -0.1) is 0 Å². The molecule has 1 aromatic heterocycles. The summed E-state index contributed by atoms with van der Waals surface area (Å²) in [6.45, 7) is -1.22. The van der Waals surface area contributed by atoms with Gasteiger partial charge in [-0.1, -0.05) is 12.0 Å². The maximum absolute atomic E-state index is 14.9. The minimum absolute atomic E-state index is 0.0277. The number of rotatable bonds is 9. The fourth-order valence-corrected chi connectivity index (χ4v) is 4.77. The summed E-state index contributed by atoms with van der Waals surface area (Å²) >= 11 is 0. The number of aromatic nitrogens is 1. The van der Waals surface area contributed by atoms with Crippen LogP contribution in [0.4, 0.5) is 28.9 Å². The maximum Gasteiger partial charge on any atom is 0.406 e. The molecule has 2 atom stereocenters. The minimum atomic E-state index is -4.52. The number of aromatic carboxylic acids is 1. The molecule has 9 nitrogen and oxygen atoms in total. The SMILES string of the molecule is COc1cc(C(=O)O)ccc1NCC#Cc1cc2c(N[C@@H]3CCN(CC(=O)O)C[C@@H]3F)cccc2n1CC(F)(F)F. The number of carbonyl (C=O) groups is 2. The molecule has 2 aromatic carbocycles. The zero-order valence-corrected chi connectivity index (χ0v) is 22.0. The normalized spacial score (nSPS) is 17.5. The number of carboxylic acids is 2. The van der Waals surface area contributed by atoms with Gasteiger partial charge in [0.05, 0.1) is 48.7 Å². The summed E-state index contributed by atoms with van der Waals surface area (Å²) in [5.74, 6) is 3.69. The Bertz CT molecular complexity index is 1490. The Morgan fingerprint density at radius 3 is 2.59 bits per heavy atom. The molecule has 4 rings (SSSR count). The van der Waals surface area contributed by atoms with Crippen molar-refractivity contribution in [2.45, 2.75) is 31.4 Å². The molecular weight excluding hydrogens is 548 g/mol. The number of carboxylic acid groups (broad SMARTS) is 2. The largest absolute Gasteiger partial charge is 0.495 e. The third-order valence-electron chi connectivity index (χ3n) is 6.64. The van der Waals surface area contributed by atoms with Gasteiger partial charge in [-0.05, 0) is 48.7 Å². The van der Waals surface area contributed by atoms with Gasteiger partial charge in [0.25, 0.3) is 0 Å². The van der Waals surface area contributed by atoms with E-state index < -0.39 is 36.9 Å². The van der Waals surface area contributed by atoms with Crippen molar-refractivity contribution in [3.05, 3.63) is 53.7 Å². The molecule has 4 N–H and O–H groups in total. The summed E-state index contributed by atoms with van der Waals surface area (Å²) in [4.78, 5) is 23.6. The number of ether oxygens (including phenoxy) is 1. The highest BCUT2D eigenvalue weighted by atomic mass is 19.4. The number of aliphatic carboxylic acids is 1. The summed E-state index contributed by atoms with van der Waals surface area (Å²) in [5.41, 5.74) is 1.32. The Morgan fingerprint density at radius 1 is 1.15 bits per heavy atom. The highest BCUT2D eigenvalue weighted by Gasteiger charge is 2.32. The van der Waals surface area contributed by atoms with Crippen LogP contribution < -0.4 is 15.4 Å². The van der Waals surface area contributed by atoms with Crippen molar-refractivity contribution < 1.29 is 42.1 Å². The van der Waals surface area contributed by atoms with Crippen molar-refractivity contribution in [3.63, 3.8) is 0 Å². The number of halogens is 4. The molecular formula is C28H28F4N4O5. The van der Waals surface area contributed by atoms with E-state index in [-0.39, 0.29) is 42.2 Å². The smallest absolute Gasteiger partial charge is 0.406 e. The predicted octanol–water partition coefficient (Wildman–Crippen LogP) is 4.28. The van der Waals surface area contributed by atoms with Gasteiger partial charge in [0.1, 0.15) is 18.5 Å². The van der Waals surface area contributed by atoms with Crippen LogP contribution in [0.3, 0.4) is 0 Å². The fourth-order valence-electron chi connectivity index (χ4n) is 4.77. The van der Waals surface area contributed by atoms with Crippen LogP contribution in [0.15, 0.2) is 42.5 Å². The fraction of sp³-hybridized carbons (Fsp3) is 0.357. The summed E-state index contributed by atoms with van der Waals surface area (Å²) in [5, 5.41) is 24.6. The summed E-state index contributed by atoms with van der Waals surface area (Å²) in [6, 6.07) is 9.88. The molecule has 0 amide bonds. The number of likely N-dealkylation sites (tertiary alicyclic amines) is 1. The van der Waals surface area contributed by atoms with Gasteiger partial charge in [-0.3, -0.25) is 9.69 Å². The van der Waals surface area contributed by atoms with Crippen molar-refractivity contribution in [2.75, 3.05) is 43.9 Å². The van der Waals surface area contributed by atoms with E-state index in [1.165, 1.54) is 42.3 Å². The molecule has 2 heterocycles. The zero-order valence-electron chi connectivity index (χ0n) is 22.0. The Kier molecular flexibility index (Phi) is 8.92. The first-order chi connectivity index (χ1) is 19.4. The molecule has 13 heteroatoms. The van der Waals surface area contributed by atoms with Gasteiger partial charge in [-0.2, -0.15) is 13.2 Å². The molecule has 1 aliphatic rings. The van der Waals surface area contributed by atoms with E-state index in [1.54, 1.807) is 12.1 Å². The molecule has 0 spiro atoms. The van der Waals surface area contributed by atoms with Gasteiger partial charge < -0.3 is 30.2 Å². The molecule has 1 fully saturated rings. The quantitative estimate of drug-likeness (QED) is 0.220. The first-order valence-corrected chi connectivity index (χ1v) is 12.6. The molecule has 218 valence electrons. The van der Waals surface area contributed by atoms with Crippen LogP contribution in [0, 0.1) is 11.8 Å². The predicted molar refractivity (Wildman–Crippen MR) is 144 cm³/mol. The Balaban J connectivity index is 1.57. The second kappa shape index (κ2) is 12.4. The Hall–Kier alpha value is -4.44. The van der Waals surface area contributed by atoms with E-state index in [9.17, 15) is 27.2 Å². The lowest BCUT2D eigenvalue weighted by Gasteiger charge is -2.34. The maximum atomic E-state index is 14.9. The van der Waals surface area contributed by atoms with Crippen molar-refractivity contribution >= 4 is 34.2 Å². The molecule has 1 aliphatic heterocycles. The number of benzene rings is 2. The lowest BCUT2D eigenvalue weighted by Crippen LogP contribution is -2.49. The van der Waals surface area contributed by atoms with Crippen molar-refractivity contribution in [2.24, 2.45) is 0 Å². The standard InChI is InChI=1S/C28H28F4N4O5/c1-41-25-12-17(27(39)40)7-8-23(25)33-10-3-4-18-13-19-21(5-2-6-24(19)36(18)16-28(30,31)32)34-22-9-11-35(14-20(22)29)15-26(37)38/h2,5-8,12-13,20,22,33-34H,9-11,14-16H2,1H3,(H,37,38)(H,39,40)/t20-,22+/m0/s1. The van der Waals surface area contributed by atoms with E-state index >= 15 is 0 Å². The summed E-state index contributed by atoms with van der Waals surface area (Å²) in [6.07, 6.45) is -5.57. The second-order valence-electron chi connectivity index (χ2n) is 9.53. The highest BCUT2D eigenvalue weighted by Crippen LogP contribution is 2.32. The molecule has 41 heavy (non-hydrogen) atoms. The van der Waals surface area contributed by atoms with Gasteiger partial charge >= 0.3 is 18.1 Å². The topological polar surface area (TPSA) is 116 Å². The Morgan fingerprint density at radius 2 is 1.93 bits per heavy atom. The van der Waals surface area contributed by atoms with E-state index in [0.717, 1.165) is 4.57 Å². The third-order valence-corrected chi connectivity index (χ3v) is 6.64. The monoisotopic (exact) mass is 576 g/mol. The number of anilines is 2. The van der Waals surface area contributed by atoms with Crippen molar-refractivity contribution in [1.29, 1.82) is 0 Å². The second-order valence-corrected chi connectivity index (χ2v) is 9.53. The number of hydrogen-bond donors (Lipinski definition) is 4. The van der Waals surface area contributed by atoms with Gasteiger partial charge in [-0.25, -0.2) is 9.18 Å². The van der Waals surface area contributed by atoms with E-state index in [2.05, 4.69) is 22.5 Å². The molecule has 0 saturated carbocycles.